The highest BCUT2D eigenvalue weighted by Gasteiger charge is 2.22. The van der Waals surface area contributed by atoms with Crippen LogP contribution in [0.4, 0.5) is 0 Å². The summed E-state index contributed by atoms with van der Waals surface area (Å²) in [4.78, 5) is 12.5. The van der Waals surface area contributed by atoms with Gasteiger partial charge in [0.05, 0.1) is 6.07 Å². The van der Waals surface area contributed by atoms with Gasteiger partial charge in [-0.25, -0.2) is 0 Å². The number of nitriles is 1. The van der Waals surface area contributed by atoms with Gasteiger partial charge in [-0.1, -0.05) is 51.8 Å². The standard InChI is InChI=1S/C16H11BrClNO/c1-10-5-6-12(8-15(10)18)16(20)14(9-19)11-3-2-4-13(17)7-11/h2-8,14H,1H3. The lowest BCUT2D eigenvalue weighted by Gasteiger charge is -2.10. The molecule has 0 N–H and O–H groups in total. The van der Waals surface area contributed by atoms with E-state index in [-0.39, 0.29) is 5.78 Å². The topological polar surface area (TPSA) is 40.9 Å². The van der Waals surface area contributed by atoms with Gasteiger partial charge in [-0.2, -0.15) is 5.26 Å². The second kappa shape index (κ2) is 6.21. The van der Waals surface area contributed by atoms with Crippen LogP contribution in [0.15, 0.2) is 46.9 Å². The Morgan fingerprint density at radius 1 is 1.30 bits per heavy atom. The molecule has 1 unspecified atom stereocenters. The first-order valence-electron chi connectivity index (χ1n) is 5.98. The summed E-state index contributed by atoms with van der Waals surface area (Å²) >= 11 is 9.38. The van der Waals surface area contributed by atoms with Crippen molar-refractivity contribution in [1.82, 2.24) is 0 Å². The van der Waals surface area contributed by atoms with E-state index in [1.807, 2.05) is 13.0 Å². The molecule has 0 aromatic heterocycles. The maximum Gasteiger partial charge on any atom is 0.184 e. The maximum absolute atomic E-state index is 12.5. The van der Waals surface area contributed by atoms with Crippen LogP contribution in [0.5, 0.6) is 0 Å². The van der Waals surface area contributed by atoms with Crippen LogP contribution in [0.25, 0.3) is 0 Å². The summed E-state index contributed by atoms with van der Waals surface area (Å²) in [6.07, 6.45) is 0. The lowest BCUT2D eigenvalue weighted by molar-refractivity contribution is 0.0979. The number of benzene rings is 2. The van der Waals surface area contributed by atoms with Crippen LogP contribution in [0.1, 0.15) is 27.4 Å². The smallest absolute Gasteiger partial charge is 0.184 e. The largest absolute Gasteiger partial charge is 0.292 e. The zero-order chi connectivity index (χ0) is 14.7. The highest BCUT2D eigenvalue weighted by atomic mass is 79.9. The second-order valence-corrected chi connectivity index (χ2v) is 5.77. The van der Waals surface area contributed by atoms with Gasteiger partial charge in [-0.05, 0) is 36.2 Å². The molecule has 100 valence electrons. The summed E-state index contributed by atoms with van der Waals surface area (Å²) in [7, 11) is 0. The fourth-order valence-electron chi connectivity index (χ4n) is 1.88. The zero-order valence-corrected chi connectivity index (χ0v) is 13.1. The molecule has 0 aliphatic carbocycles. The molecule has 0 bridgehead atoms. The van der Waals surface area contributed by atoms with Gasteiger partial charge in [0.2, 0.25) is 0 Å². The fraction of sp³-hybridized carbons (Fsp3) is 0.125. The normalized spacial score (nSPS) is 11.7. The highest BCUT2D eigenvalue weighted by molar-refractivity contribution is 9.10. The first-order chi connectivity index (χ1) is 9.52. The van der Waals surface area contributed by atoms with Gasteiger partial charge in [-0.3, -0.25) is 4.79 Å². The number of carbonyl (C=O) groups is 1. The van der Waals surface area contributed by atoms with Gasteiger partial charge in [0.15, 0.2) is 5.78 Å². The Morgan fingerprint density at radius 2 is 2.05 bits per heavy atom. The van der Waals surface area contributed by atoms with E-state index in [4.69, 9.17) is 11.6 Å². The Morgan fingerprint density at radius 3 is 2.65 bits per heavy atom. The van der Waals surface area contributed by atoms with Crippen molar-refractivity contribution in [1.29, 1.82) is 5.26 Å². The molecule has 0 saturated heterocycles. The van der Waals surface area contributed by atoms with Crippen molar-refractivity contribution in [2.45, 2.75) is 12.8 Å². The summed E-state index contributed by atoms with van der Waals surface area (Å²) < 4.78 is 0.838. The van der Waals surface area contributed by atoms with Crippen LogP contribution in [-0.4, -0.2) is 5.78 Å². The average molecular weight is 349 g/mol. The molecule has 2 aromatic carbocycles. The number of aryl methyl sites for hydroxylation is 1. The minimum atomic E-state index is -0.828. The predicted molar refractivity (Wildman–Crippen MR) is 83.0 cm³/mol. The molecule has 0 radical (unpaired) electrons. The van der Waals surface area contributed by atoms with E-state index in [0.29, 0.717) is 16.1 Å². The predicted octanol–water partition coefficient (Wildman–Crippen LogP) is 4.90. The number of ketones is 1. The Kier molecular flexibility index (Phi) is 4.59. The summed E-state index contributed by atoms with van der Waals surface area (Å²) in [5, 5.41) is 9.84. The number of hydrogen-bond donors (Lipinski definition) is 0. The molecular formula is C16H11BrClNO. The number of carbonyl (C=O) groups excluding carboxylic acids is 1. The molecule has 0 saturated carbocycles. The molecule has 2 rings (SSSR count). The van der Waals surface area contributed by atoms with Crippen LogP contribution >= 0.6 is 27.5 Å². The molecule has 0 heterocycles. The molecule has 0 aliphatic heterocycles. The Balaban J connectivity index is 2.39. The Hall–Kier alpha value is -1.63. The van der Waals surface area contributed by atoms with E-state index in [1.165, 1.54) is 0 Å². The minimum absolute atomic E-state index is 0.243. The van der Waals surface area contributed by atoms with Crippen molar-refractivity contribution >= 4 is 33.3 Å². The molecule has 0 fully saturated rings. The number of Topliss-reactive ketones (excluding diaryl/α,β-unsaturated/α-hetero) is 1. The van der Waals surface area contributed by atoms with Crippen LogP contribution in [0, 0.1) is 18.3 Å². The molecule has 20 heavy (non-hydrogen) atoms. The number of nitrogens with zero attached hydrogens (tertiary/aromatic N) is 1. The summed E-state index contributed by atoms with van der Waals surface area (Å²) in [5.41, 5.74) is 2.02. The molecule has 0 spiro atoms. The van der Waals surface area contributed by atoms with Gasteiger partial charge in [0.25, 0.3) is 0 Å². The monoisotopic (exact) mass is 347 g/mol. The molecule has 1 atom stereocenters. The lowest BCUT2D eigenvalue weighted by Crippen LogP contribution is -2.11. The summed E-state index contributed by atoms with van der Waals surface area (Å²) in [6.45, 7) is 1.87. The van der Waals surface area contributed by atoms with E-state index in [9.17, 15) is 10.1 Å². The number of rotatable bonds is 3. The highest BCUT2D eigenvalue weighted by Crippen LogP contribution is 2.25. The molecule has 2 nitrogen and oxygen atoms in total. The van der Waals surface area contributed by atoms with Gasteiger partial charge in [-0.15, -0.1) is 0 Å². The van der Waals surface area contributed by atoms with E-state index in [0.717, 1.165) is 10.0 Å². The summed E-state index contributed by atoms with van der Waals surface area (Å²) in [5.74, 6) is -1.07. The van der Waals surface area contributed by atoms with E-state index >= 15 is 0 Å². The van der Waals surface area contributed by atoms with E-state index in [2.05, 4.69) is 22.0 Å². The van der Waals surface area contributed by atoms with Gasteiger partial charge >= 0.3 is 0 Å². The zero-order valence-electron chi connectivity index (χ0n) is 10.7. The van der Waals surface area contributed by atoms with Crippen LogP contribution in [0.2, 0.25) is 5.02 Å². The van der Waals surface area contributed by atoms with Crippen molar-refractivity contribution in [3.8, 4) is 6.07 Å². The molecule has 2 aromatic rings. The fourth-order valence-corrected chi connectivity index (χ4v) is 2.48. The van der Waals surface area contributed by atoms with Crippen molar-refractivity contribution in [3.63, 3.8) is 0 Å². The van der Waals surface area contributed by atoms with Crippen LogP contribution < -0.4 is 0 Å². The second-order valence-electron chi connectivity index (χ2n) is 4.45. The SMILES string of the molecule is Cc1ccc(C(=O)C(C#N)c2cccc(Br)c2)cc1Cl. The third kappa shape index (κ3) is 3.09. The van der Waals surface area contributed by atoms with Crippen molar-refractivity contribution in [3.05, 3.63) is 68.7 Å². The third-order valence-corrected chi connectivity index (χ3v) is 3.93. The van der Waals surface area contributed by atoms with Crippen molar-refractivity contribution in [2.75, 3.05) is 0 Å². The molecular weight excluding hydrogens is 338 g/mol. The quantitative estimate of drug-likeness (QED) is 0.740. The molecule has 0 aliphatic rings. The molecule has 4 heteroatoms. The maximum atomic E-state index is 12.5. The van der Waals surface area contributed by atoms with Gasteiger partial charge < -0.3 is 0 Å². The van der Waals surface area contributed by atoms with Crippen molar-refractivity contribution in [2.24, 2.45) is 0 Å². The van der Waals surface area contributed by atoms with Gasteiger partial charge in [0.1, 0.15) is 5.92 Å². The van der Waals surface area contributed by atoms with Crippen molar-refractivity contribution < 1.29 is 4.79 Å². The number of halogens is 2. The van der Waals surface area contributed by atoms with Gasteiger partial charge in [0, 0.05) is 15.1 Å². The van der Waals surface area contributed by atoms with Crippen LogP contribution in [0.3, 0.4) is 0 Å². The first-order valence-corrected chi connectivity index (χ1v) is 7.15. The Labute approximate surface area is 131 Å². The van der Waals surface area contributed by atoms with E-state index < -0.39 is 5.92 Å². The Bertz CT molecular complexity index is 706. The summed E-state index contributed by atoms with van der Waals surface area (Å²) in [6, 6.07) is 14.4. The lowest BCUT2D eigenvalue weighted by atomic mass is 9.91. The van der Waals surface area contributed by atoms with Crippen LogP contribution in [-0.2, 0) is 0 Å². The minimum Gasteiger partial charge on any atom is -0.292 e. The van der Waals surface area contributed by atoms with E-state index in [1.54, 1.807) is 36.4 Å². The first kappa shape index (κ1) is 14.8. The third-order valence-electron chi connectivity index (χ3n) is 3.03. The molecule has 0 amide bonds. The average Bonchev–Trinajstić information content (AvgIpc) is 2.42. The number of hydrogen-bond acceptors (Lipinski definition) is 2.